The van der Waals surface area contributed by atoms with E-state index in [0.29, 0.717) is 15.0 Å². The van der Waals surface area contributed by atoms with Crippen LogP contribution in [0.1, 0.15) is 12.8 Å². The van der Waals surface area contributed by atoms with Gasteiger partial charge in [0.05, 0.1) is 10.7 Å². The highest BCUT2D eigenvalue weighted by molar-refractivity contribution is 7.15. The van der Waals surface area contributed by atoms with Crippen molar-refractivity contribution in [2.24, 2.45) is 5.10 Å². The van der Waals surface area contributed by atoms with Gasteiger partial charge in [0.25, 0.3) is 11.9 Å². The summed E-state index contributed by atoms with van der Waals surface area (Å²) in [5.41, 5.74) is 4.00. The second-order valence-corrected chi connectivity index (χ2v) is 7.10. The number of hydrogen-bond donors (Lipinski definition) is 2. The summed E-state index contributed by atoms with van der Waals surface area (Å²) in [6, 6.07) is 5.18. The van der Waals surface area contributed by atoms with Crippen LogP contribution in [0.2, 0.25) is 10.0 Å². The molecule has 1 aliphatic heterocycles. The maximum absolute atomic E-state index is 12.2. The maximum Gasteiger partial charge on any atom is 0.274 e. The topological polar surface area (TPSA) is 101 Å². The van der Waals surface area contributed by atoms with Crippen LogP contribution in [0.25, 0.3) is 16.2 Å². The number of rotatable bonds is 3. The Balaban J connectivity index is 1.62. The van der Waals surface area contributed by atoms with Crippen molar-refractivity contribution in [1.82, 2.24) is 20.0 Å². The molecule has 2 N–H and O–H groups in total. The molecule has 0 spiro atoms. The van der Waals surface area contributed by atoms with E-state index < -0.39 is 5.91 Å². The highest BCUT2D eigenvalue weighted by Crippen LogP contribution is 2.33. The number of benzene rings is 1. The van der Waals surface area contributed by atoms with Gasteiger partial charge in [-0.1, -0.05) is 23.2 Å². The van der Waals surface area contributed by atoms with Gasteiger partial charge in [-0.2, -0.15) is 10.1 Å². The first-order chi connectivity index (χ1) is 12.5. The van der Waals surface area contributed by atoms with E-state index in [0.717, 1.165) is 11.3 Å². The van der Waals surface area contributed by atoms with Crippen molar-refractivity contribution in [2.45, 2.75) is 12.8 Å². The molecule has 0 saturated carbocycles. The van der Waals surface area contributed by atoms with E-state index in [9.17, 15) is 9.59 Å². The van der Waals surface area contributed by atoms with Crippen molar-refractivity contribution in [3.05, 3.63) is 33.6 Å². The summed E-state index contributed by atoms with van der Waals surface area (Å²) in [5, 5.41) is 13.6. The molecule has 0 radical (unpaired) electrons. The molecule has 4 rings (SSSR count). The molecule has 8 nitrogen and oxygen atoms in total. The highest BCUT2D eigenvalue weighted by Gasteiger charge is 2.21. The third-order valence-corrected chi connectivity index (χ3v) is 5.04. The normalized spacial score (nSPS) is 14.2. The lowest BCUT2D eigenvalue weighted by Crippen LogP contribution is -2.33. The average Bonchev–Trinajstić information content (AvgIpc) is 3.16. The number of hydrogen-bond acceptors (Lipinski definition) is 6. The number of aromatic nitrogens is 3. The summed E-state index contributed by atoms with van der Waals surface area (Å²) >= 11 is 13.6. The molecule has 11 heteroatoms. The molecular formula is C15H10Cl2N6O2S. The first kappa shape index (κ1) is 17.0. The lowest BCUT2D eigenvalue weighted by Gasteiger charge is -2.10. The third kappa shape index (κ3) is 3.16. The van der Waals surface area contributed by atoms with Crippen LogP contribution in [0, 0.1) is 0 Å². The van der Waals surface area contributed by atoms with Crippen LogP contribution >= 0.6 is 34.5 Å². The zero-order valence-electron chi connectivity index (χ0n) is 13.0. The van der Waals surface area contributed by atoms with Gasteiger partial charge in [-0.3, -0.25) is 14.9 Å². The SMILES string of the molecule is O=C1CCC(C(=O)Nc2nc3scc(-c4ccc(Cl)cc4Cl)n3n2)=NN1. The Morgan fingerprint density at radius 2 is 2.15 bits per heavy atom. The Hall–Kier alpha value is -2.49. The first-order valence-electron chi connectivity index (χ1n) is 7.48. The summed E-state index contributed by atoms with van der Waals surface area (Å²) in [5.74, 6) is -0.520. The Kier molecular flexibility index (Phi) is 4.35. The minimum Gasteiger partial charge on any atom is -0.288 e. The monoisotopic (exact) mass is 408 g/mol. The molecule has 2 amide bonds. The maximum atomic E-state index is 12.2. The van der Waals surface area contributed by atoms with Crippen LogP contribution in [0.4, 0.5) is 5.95 Å². The second-order valence-electron chi connectivity index (χ2n) is 5.42. The Morgan fingerprint density at radius 1 is 1.31 bits per heavy atom. The molecule has 1 aliphatic rings. The van der Waals surface area contributed by atoms with Gasteiger partial charge >= 0.3 is 0 Å². The van der Waals surface area contributed by atoms with Crippen LogP contribution in [0.15, 0.2) is 28.7 Å². The van der Waals surface area contributed by atoms with Crippen LogP contribution in [0.5, 0.6) is 0 Å². The van der Waals surface area contributed by atoms with Crippen molar-refractivity contribution in [3.8, 4) is 11.3 Å². The van der Waals surface area contributed by atoms with Crippen LogP contribution in [0.3, 0.4) is 0 Å². The number of anilines is 1. The van der Waals surface area contributed by atoms with Gasteiger partial charge in [-0.25, -0.2) is 9.94 Å². The van der Waals surface area contributed by atoms with Gasteiger partial charge in [0, 0.05) is 28.8 Å². The number of fused-ring (bicyclic) bond motifs is 1. The molecule has 0 fully saturated rings. The summed E-state index contributed by atoms with van der Waals surface area (Å²) in [6.45, 7) is 0. The van der Waals surface area contributed by atoms with Crippen LogP contribution < -0.4 is 10.7 Å². The van der Waals surface area contributed by atoms with Gasteiger partial charge in [0.1, 0.15) is 5.71 Å². The number of halogens is 2. The average molecular weight is 409 g/mol. The fourth-order valence-corrected chi connectivity index (χ4v) is 3.76. The number of thiazole rings is 1. The summed E-state index contributed by atoms with van der Waals surface area (Å²) in [6.07, 6.45) is 0.489. The minimum atomic E-state index is -0.450. The number of carbonyl (C=O) groups is 2. The summed E-state index contributed by atoms with van der Waals surface area (Å²) in [4.78, 5) is 28.2. The molecule has 0 aliphatic carbocycles. The van der Waals surface area contributed by atoms with Gasteiger partial charge in [-0.15, -0.1) is 16.4 Å². The fourth-order valence-electron chi connectivity index (χ4n) is 2.43. The quantitative estimate of drug-likeness (QED) is 0.695. The number of carbonyl (C=O) groups excluding carboxylic acids is 2. The molecule has 0 unspecified atom stereocenters. The Morgan fingerprint density at radius 3 is 2.88 bits per heavy atom. The molecule has 0 bridgehead atoms. The smallest absolute Gasteiger partial charge is 0.274 e. The number of amides is 2. The van der Waals surface area contributed by atoms with E-state index in [1.807, 2.05) is 5.38 Å². The van der Waals surface area contributed by atoms with E-state index in [1.165, 1.54) is 11.3 Å². The van der Waals surface area contributed by atoms with Crippen molar-refractivity contribution < 1.29 is 9.59 Å². The zero-order valence-corrected chi connectivity index (χ0v) is 15.3. The lowest BCUT2D eigenvalue weighted by molar-refractivity contribution is -0.121. The van der Waals surface area contributed by atoms with Crippen molar-refractivity contribution in [1.29, 1.82) is 0 Å². The predicted octanol–water partition coefficient (Wildman–Crippen LogP) is 2.97. The Labute approximate surface area is 160 Å². The summed E-state index contributed by atoms with van der Waals surface area (Å²) in [7, 11) is 0. The van der Waals surface area contributed by atoms with Crippen molar-refractivity contribution in [3.63, 3.8) is 0 Å². The van der Waals surface area contributed by atoms with E-state index in [-0.39, 0.29) is 30.4 Å². The highest BCUT2D eigenvalue weighted by atomic mass is 35.5. The molecule has 3 aromatic rings. The number of hydrazone groups is 1. The van der Waals surface area contributed by atoms with Gasteiger partial charge in [0.2, 0.25) is 10.9 Å². The van der Waals surface area contributed by atoms with Crippen LogP contribution in [-0.4, -0.2) is 32.1 Å². The first-order valence-corrected chi connectivity index (χ1v) is 9.11. The zero-order chi connectivity index (χ0) is 18.3. The van der Waals surface area contributed by atoms with E-state index in [4.69, 9.17) is 23.2 Å². The van der Waals surface area contributed by atoms with E-state index >= 15 is 0 Å². The number of nitrogens with zero attached hydrogens (tertiary/aromatic N) is 4. The molecule has 1 aromatic carbocycles. The van der Waals surface area contributed by atoms with Crippen molar-refractivity contribution >= 4 is 63.0 Å². The van der Waals surface area contributed by atoms with E-state index in [2.05, 4.69) is 25.9 Å². The van der Waals surface area contributed by atoms with Gasteiger partial charge in [-0.05, 0) is 18.2 Å². The molecular weight excluding hydrogens is 399 g/mol. The number of nitrogens with one attached hydrogen (secondary N) is 2. The molecule has 132 valence electrons. The van der Waals surface area contributed by atoms with Gasteiger partial charge in [0.15, 0.2) is 0 Å². The predicted molar refractivity (Wildman–Crippen MR) is 99.8 cm³/mol. The Bertz CT molecular complexity index is 1070. The molecule has 0 atom stereocenters. The van der Waals surface area contributed by atoms with E-state index in [1.54, 1.807) is 22.7 Å². The minimum absolute atomic E-state index is 0.146. The second kappa shape index (κ2) is 6.67. The standard InChI is InChI=1S/C15H10Cl2N6O2S/c16-7-1-2-8(9(17)5-7)11-6-26-15-19-14(22-23(11)15)18-13(25)10-3-4-12(24)21-20-10/h1-2,5-6H,3-4H2,(H,21,24)(H,18,22,25). The molecule has 3 heterocycles. The van der Waals surface area contributed by atoms with Crippen LogP contribution in [-0.2, 0) is 9.59 Å². The fraction of sp³-hybridized carbons (Fsp3) is 0.133. The third-order valence-electron chi connectivity index (χ3n) is 3.68. The van der Waals surface area contributed by atoms with Gasteiger partial charge < -0.3 is 0 Å². The molecule has 0 saturated heterocycles. The largest absolute Gasteiger partial charge is 0.288 e. The summed E-state index contributed by atoms with van der Waals surface area (Å²) < 4.78 is 1.60. The molecule has 2 aromatic heterocycles. The lowest BCUT2D eigenvalue weighted by atomic mass is 10.2. The molecule has 26 heavy (non-hydrogen) atoms. The van der Waals surface area contributed by atoms with Crippen molar-refractivity contribution in [2.75, 3.05) is 5.32 Å².